The topological polar surface area (TPSA) is 46.3 Å². The summed E-state index contributed by atoms with van der Waals surface area (Å²) < 4.78 is 1.13. The first-order valence-corrected chi connectivity index (χ1v) is 8.27. The molecule has 0 bridgehead atoms. The van der Waals surface area contributed by atoms with Gasteiger partial charge in [-0.25, -0.2) is 0 Å². The van der Waals surface area contributed by atoms with Crippen molar-refractivity contribution in [2.75, 3.05) is 18.8 Å². The number of carbonyl (C=O) groups is 1. The largest absolute Gasteiger partial charge is 0.397 e. The molecule has 1 amide bonds. The van der Waals surface area contributed by atoms with Gasteiger partial charge in [-0.1, -0.05) is 32.0 Å². The van der Waals surface area contributed by atoms with Crippen LogP contribution in [0, 0.1) is 12.3 Å². The number of benzene rings is 1. The molecule has 2 N–H and O–H groups in total. The van der Waals surface area contributed by atoms with Crippen LogP contribution in [0.25, 0.3) is 10.1 Å². The molecule has 0 unspecified atom stereocenters. The van der Waals surface area contributed by atoms with E-state index in [1.165, 1.54) is 23.3 Å². The highest BCUT2D eigenvalue weighted by Crippen LogP contribution is 2.37. The Labute approximate surface area is 129 Å². The summed E-state index contributed by atoms with van der Waals surface area (Å²) in [5.74, 6) is 0.0980. The standard InChI is InChI=1S/C17H22N2OS/c1-11-6-4-7-12-13(18)15(21-14(11)12)16(20)19-9-5-8-17(2,3)10-19/h4,6-7H,5,8-10,18H2,1-3H3. The number of nitrogens with two attached hydrogens (primary N) is 1. The van der Waals surface area contributed by atoms with Gasteiger partial charge in [-0.15, -0.1) is 11.3 Å². The molecule has 1 aromatic carbocycles. The van der Waals surface area contributed by atoms with Crippen molar-refractivity contribution in [3.63, 3.8) is 0 Å². The molecule has 3 rings (SSSR count). The second-order valence-corrected chi connectivity index (χ2v) is 7.81. The van der Waals surface area contributed by atoms with E-state index in [1.807, 2.05) is 17.0 Å². The molecule has 1 saturated heterocycles. The normalized spacial score (nSPS) is 18.1. The molecule has 0 saturated carbocycles. The monoisotopic (exact) mass is 302 g/mol. The number of aryl methyl sites for hydroxylation is 1. The predicted octanol–water partition coefficient (Wildman–Crippen LogP) is 4.05. The number of hydrogen-bond acceptors (Lipinski definition) is 3. The van der Waals surface area contributed by atoms with Crippen LogP contribution in [0.15, 0.2) is 18.2 Å². The van der Waals surface area contributed by atoms with Crippen molar-refractivity contribution in [1.29, 1.82) is 0 Å². The SMILES string of the molecule is Cc1cccc2c(N)c(C(=O)N3CCCC(C)(C)C3)sc12. The van der Waals surface area contributed by atoms with Crippen molar-refractivity contribution in [3.8, 4) is 0 Å². The van der Waals surface area contributed by atoms with Crippen LogP contribution in [-0.4, -0.2) is 23.9 Å². The van der Waals surface area contributed by atoms with Crippen molar-refractivity contribution in [2.45, 2.75) is 33.6 Å². The highest BCUT2D eigenvalue weighted by atomic mass is 32.1. The number of piperidine rings is 1. The van der Waals surface area contributed by atoms with E-state index in [4.69, 9.17) is 5.73 Å². The van der Waals surface area contributed by atoms with Gasteiger partial charge >= 0.3 is 0 Å². The van der Waals surface area contributed by atoms with Gasteiger partial charge in [0.15, 0.2) is 0 Å². The fourth-order valence-corrected chi connectivity index (χ4v) is 4.34. The molecule has 0 spiro atoms. The van der Waals surface area contributed by atoms with E-state index in [0.29, 0.717) is 10.6 Å². The van der Waals surface area contributed by atoms with Gasteiger partial charge in [0.2, 0.25) is 0 Å². The van der Waals surface area contributed by atoms with Crippen LogP contribution in [-0.2, 0) is 0 Å². The van der Waals surface area contributed by atoms with Gasteiger partial charge in [0.1, 0.15) is 4.88 Å². The van der Waals surface area contributed by atoms with E-state index in [9.17, 15) is 4.79 Å². The maximum absolute atomic E-state index is 12.8. The third-order valence-electron chi connectivity index (χ3n) is 4.33. The van der Waals surface area contributed by atoms with Crippen molar-refractivity contribution in [2.24, 2.45) is 5.41 Å². The summed E-state index contributed by atoms with van der Waals surface area (Å²) in [6, 6.07) is 6.07. The van der Waals surface area contributed by atoms with Gasteiger partial charge < -0.3 is 10.6 Å². The van der Waals surface area contributed by atoms with E-state index >= 15 is 0 Å². The molecule has 4 heteroatoms. The maximum atomic E-state index is 12.8. The van der Waals surface area contributed by atoms with Gasteiger partial charge in [-0.2, -0.15) is 0 Å². The Bertz CT molecular complexity index is 702. The summed E-state index contributed by atoms with van der Waals surface area (Å²) in [5.41, 5.74) is 8.28. The second-order valence-electron chi connectivity index (χ2n) is 6.79. The van der Waals surface area contributed by atoms with Crippen LogP contribution >= 0.6 is 11.3 Å². The van der Waals surface area contributed by atoms with Crippen LogP contribution < -0.4 is 5.73 Å². The van der Waals surface area contributed by atoms with Crippen molar-refractivity contribution in [3.05, 3.63) is 28.6 Å². The lowest BCUT2D eigenvalue weighted by Gasteiger charge is -2.37. The molecule has 112 valence electrons. The molecule has 0 aliphatic carbocycles. The van der Waals surface area contributed by atoms with Crippen LogP contribution in [0.4, 0.5) is 5.69 Å². The molecule has 2 aromatic rings. The molecule has 1 fully saturated rings. The first kappa shape index (κ1) is 14.4. The third kappa shape index (κ3) is 2.53. The smallest absolute Gasteiger partial charge is 0.266 e. The number of nitrogen functional groups attached to an aromatic ring is 1. The van der Waals surface area contributed by atoms with Crippen molar-refractivity contribution < 1.29 is 4.79 Å². The lowest BCUT2D eigenvalue weighted by Crippen LogP contribution is -2.43. The molecular formula is C17H22N2OS. The van der Waals surface area contributed by atoms with Gasteiger partial charge in [0, 0.05) is 23.2 Å². The fraction of sp³-hybridized carbons (Fsp3) is 0.471. The Morgan fingerprint density at radius 1 is 1.38 bits per heavy atom. The number of thiophene rings is 1. The average Bonchev–Trinajstić information content (AvgIpc) is 2.76. The molecule has 0 radical (unpaired) electrons. The van der Waals surface area contributed by atoms with Crippen LogP contribution in [0.2, 0.25) is 0 Å². The maximum Gasteiger partial charge on any atom is 0.266 e. The number of hydrogen-bond donors (Lipinski definition) is 1. The highest BCUT2D eigenvalue weighted by Gasteiger charge is 2.31. The highest BCUT2D eigenvalue weighted by molar-refractivity contribution is 7.21. The lowest BCUT2D eigenvalue weighted by molar-refractivity contribution is 0.0589. The van der Waals surface area contributed by atoms with E-state index in [-0.39, 0.29) is 11.3 Å². The molecule has 2 heterocycles. The number of anilines is 1. The minimum Gasteiger partial charge on any atom is -0.397 e. The van der Waals surface area contributed by atoms with Crippen molar-refractivity contribution in [1.82, 2.24) is 4.90 Å². The first-order valence-electron chi connectivity index (χ1n) is 7.46. The Morgan fingerprint density at radius 3 is 2.81 bits per heavy atom. The Hall–Kier alpha value is -1.55. The zero-order valence-corrected chi connectivity index (χ0v) is 13.7. The van der Waals surface area contributed by atoms with Crippen LogP contribution in [0.1, 0.15) is 41.9 Å². The zero-order chi connectivity index (χ0) is 15.2. The summed E-state index contributed by atoms with van der Waals surface area (Å²) in [6.45, 7) is 8.18. The number of carbonyl (C=O) groups excluding carboxylic acids is 1. The number of nitrogens with zero attached hydrogens (tertiary/aromatic N) is 1. The molecule has 1 aliphatic rings. The Kier molecular flexibility index (Phi) is 3.44. The van der Waals surface area contributed by atoms with E-state index in [0.717, 1.165) is 29.6 Å². The van der Waals surface area contributed by atoms with Crippen LogP contribution in [0.5, 0.6) is 0 Å². The van der Waals surface area contributed by atoms with Gasteiger partial charge in [-0.05, 0) is 30.7 Å². The summed E-state index contributed by atoms with van der Waals surface area (Å²) in [7, 11) is 0. The molecular weight excluding hydrogens is 280 g/mol. The third-order valence-corrected chi connectivity index (χ3v) is 5.68. The summed E-state index contributed by atoms with van der Waals surface area (Å²) in [6.07, 6.45) is 2.25. The summed E-state index contributed by atoms with van der Waals surface area (Å²) >= 11 is 1.54. The van der Waals surface area contributed by atoms with E-state index in [2.05, 4.69) is 26.8 Å². The first-order chi connectivity index (χ1) is 9.89. The van der Waals surface area contributed by atoms with E-state index in [1.54, 1.807) is 0 Å². The van der Waals surface area contributed by atoms with Gasteiger partial charge in [0.25, 0.3) is 5.91 Å². The number of fused-ring (bicyclic) bond motifs is 1. The molecule has 1 aliphatic heterocycles. The fourth-order valence-electron chi connectivity index (χ4n) is 3.18. The Balaban J connectivity index is 1.98. The Morgan fingerprint density at radius 2 is 2.14 bits per heavy atom. The lowest BCUT2D eigenvalue weighted by atomic mass is 9.84. The molecule has 21 heavy (non-hydrogen) atoms. The van der Waals surface area contributed by atoms with Gasteiger partial charge in [0.05, 0.1) is 5.69 Å². The van der Waals surface area contributed by atoms with E-state index < -0.39 is 0 Å². The number of amides is 1. The zero-order valence-electron chi connectivity index (χ0n) is 12.9. The summed E-state index contributed by atoms with van der Waals surface area (Å²) in [4.78, 5) is 15.5. The minimum absolute atomic E-state index is 0.0980. The van der Waals surface area contributed by atoms with Gasteiger partial charge in [-0.3, -0.25) is 4.79 Å². The molecule has 3 nitrogen and oxygen atoms in total. The quantitative estimate of drug-likeness (QED) is 0.863. The predicted molar refractivity (Wildman–Crippen MR) is 89.9 cm³/mol. The average molecular weight is 302 g/mol. The minimum atomic E-state index is 0.0980. The van der Waals surface area contributed by atoms with Crippen molar-refractivity contribution >= 4 is 33.0 Å². The van der Waals surface area contributed by atoms with Crippen LogP contribution in [0.3, 0.4) is 0 Å². The second kappa shape index (κ2) is 5.02. The number of likely N-dealkylation sites (tertiary alicyclic amines) is 1. The number of rotatable bonds is 1. The molecule has 1 aromatic heterocycles. The molecule has 0 atom stereocenters. The summed E-state index contributed by atoms with van der Waals surface area (Å²) in [5, 5.41) is 1.01.